The Labute approximate surface area is 95.7 Å². The molecule has 88 valence electrons. The molecule has 0 radical (unpaired) electrons. The lowest BCUT2D eigenvalue weighted by molar-refractivity contribution is -0.143. The third-order valence-electron chi connectivity index (χ3n) is 2.70. The molecule has 0 amide bonds. The number of carbonyl (C=O) groups is 1. The van der Waals surface area contributed by atoms with Gasteiger partial charge < -0.3 is 10.2 Å². The van der Waals surface area contributed by atoms with Crippen molar-refractivity contribution in [3.05, 3.63) is 35.9 Å². The summed E-state index contributed by atoms with van der Waals surface area (Å²) >= 11 is 0. The van der Waals surface area contributed by atoms with Crippen molar-refractivity contribution in [2.45, 2.75) is 38.2 Å². The molecule has 1 aromatic carbocycles. The molecule has 0 aromatic heterocycles. The first-order valence-corrected chi connectivity index (χ1v) is 5.58. The van der Waals surface area contributed by atoms with Crippen molar-refractivity contribution < 1.29 is 15.0 Å². The zero-order valence-corrected chi connectivity index (χ0v) is 9.52. The SMILES string of the molecule is CCCC[C@@](O)(CC(=O)O)c1ccccc1. The molecule has 0 heterocycles. The molecular weight excluding hydrogens is 204 g/mol. The fraction of sp³-hybridized carbons (Fsp3) is 0.462. The summed E-state index contributed by atoms with van der Waals surface area (Å²) in [5.41, 5.74) is -0.547. The van der Waals surface area contributed by atoms with Crippen LogP contribution < -0.4 is 0 Å². The topological polar surface area (TPSA) is 57.5 Å². The second kappa shape index (κ2) is 5.66. The number of aliphatic hydroxyl groups is 1. The van der Waals surface area contributed by atoms with Gasteiger partial charge in [0.2, 0.25) is 0 Å². The molecule has 0 bridgehead atoms. The predicted octanol–water partition coefficient (Wildman–Crippen LogP) is 2.54. The van der Waals surface area contributed by atoms with Crippen molar-refractivity contribution in [1.29, 1.82) is 0 Å². The van der Waals surface area contributed by atoms with Crippen LogP contribution in [0.4, 0.5) is 0 Å². The first kappa shape index (κ1) is 12.7. The molecule has 0 saturated heterocycles. The summed E-state index contributed by atoms with van der Waals surface area (Å²) in [4.78, 5) is 10.8. The normalized spacial score (nSPS) is 14.4. The maximum absolute atomic E-state index is 10.8. The standard InChI is InChI=1S/C13H18O3/c1-2-3-9-13(16,10-12(14)15)11-7-5-4-6-8-11/h4-8,16H,2-3,9-10H2,1H3,(H,14,15)/t13-/m1/s1. The van der Waals surface area contributed by atoms with E-state index in [1.165, 1.54) is 0 Å². The van der Waals surface area contributed by atoms with Crippen LogP contribution in [-0.4, -0.2) is 16.2 Å². The molecule has 0 aliphatic carbocycles. The van der Waals surface area contributed by atoms with Gasteiger partial charge in [-0.25, -0.2) is 0 Å². The minimum Gasteiger partial charge on any atom is -0.481 e. The monoisotopic (exact) mass is 222 g/mol. The highest BCUT2D eigenvalue weighted by atomic mass is 16.4. The number of hydrogen-bond acceptors (Lipinski definition) is 2. The zero-order chi connectivity index (χ0) is 12.0. The molecule has 3 nitrogen and oxygen atoms in total. The van der Waals surface area contributed by atoms with Gasteiger partial charge in [0.15, 0.2) is 0 Å². The summed E-state index contributed by atoms with van der Waals surface area (Å²) in [6.45, 7) is 2.02. The van der Waals surface area contributed by atoms with Gasteiger partial charge in [0.1, 0.15) is 5.60 Å². The minimum absolute atomic E-state index is 0.239. The zero-order valence-electron chi connectivity index (χ0n) is 9.52. The molecule has 0 aliphatic heterocycles. The maximum Gasteiger partial charge on any atom is 0.306 e. The van der Waals surface area contributed by atoms with Gasteiger partial charge in [-0.15, -0.1) is 0 Å². The largest absolute Gasteiger partial charge is 0.481 e. The summed E-state index contributed by atoms with van der Waals surface area (Å²) in [6.07, 6.45) is 2.00. The van der Waals surface area contributed by atoms with Gasteiger partial charge in [-0.3, -0.25) is 4.79 Å². The van der Waals surface area contributed by atoms with Gasteiger partial charge in [-0.1, -0.05) is 50.1 Å². The third kappa shape index (κ3) is 3.35. The number of hydrogen-bond donors (Lipinski definition) is 2. The third-order valence-corrected chi connectivity index (χ3v) is 2.70. The molecule has 0 unspecified atom stereocenters. The van der Waals surface area contributed by atoms with Gasteiger partial charge in [0, 0.05) is 0 Å². The van der Waals surface area contributed by atoms with Crippen LogP contribution in [0, 0.1) is 0 Å². The molecule has 0 fully saturated rings. The smallest absolute Gasteiger partial charge is 0.306 e. The highest BCUT2D eigenvalue weighted by Gasteiger charge is 2.31. The van der Waals surface area contributed by atoms with Gasteiger partial charge in [0.05, 0.1) is 6.42 Å². The molecule has 1 rings (SSSR count). The van der Waals surface area contributed by atoms with E-state index in [1.54, 1.807) is 12.1 Å². The van der Waals surface area contributed by atoms with Crippen LogP contribution in [0.2, 0.25) is 0 Å². The van der Waals surface area contributed by atoms with E-state index in [0.717, 1.165) is 12.8 Å². The van der Waals surface area contributed by atoms with E-state index in [9.17, 15) is 9.90 Å². The first-order valence-electron chi connectivity index (χ1n) is 5.58. The van der Waals surface area contributed by atoms with Crippen molar-refractivity contribution >= 4 is 5.97 Å². The fourth-order valence-electron chi connectivity index (χ4n) is 1.80. The Bertz CT molecular complexity index is 334. The van der Waals surface area contributed by atoms with E-state index in [0.29, 0.717) is 12.0 Å². The molecule has 1 aromatic rings. The number of benzene rings is 1. The van der Waals surface area contributed by atoms with E-state index < -0.39 is 11.6 Å². The van der Waals surface area contributed by atoms with Gasteiger partial charge in [0.25, 0.3) is 0 Å². The second-order valence-corrected chi connectivity index (χ2v) is 4.07. The average Bonchev–Trinajstić information content (AvgIpc) is 2.27. The summed E-state index contributed by atoms with van der Waals surface area (Å²) in [5, 5.41) is 19.3. The Hall–Kier alpha value is -1.35. The van der Waals surface area contributed by atoms with Crippen LogP contribution >= 0.6 is 0 Å². The van der Waals surface area contributed by atoms with Crippen molar-refractivity contribution in [3.63, 3.8) is 0 Å². The van der Waals surface area contributed by atoms with Crippen LogP contribution in [0.5, 0.6) is 0 Å². The minimum atomic E-state index is -1.23. The summed E-state index contributed by atoms with van der Waals surface area (Å²) < 4.78 is 0. The Kier molecular flexibility index (Phi) is 4.50. The summed E-state index contributed by atoms with van der Waals surface area (Å²) in [5.74, 6) is -0.970. The van der Waals surface area contributed by atoms with Crippen LogP contribution in [0.1, 0.15) is 38.2 Å². The molecule has 0 aliphatic rings. The molecule has 0 spiro atoms. The van der Waals surface area contributed by atoms with E-state index >= 15 is 0 Å². The molecule has 16 heavy (non-hydrogen) atoms. The van der Waals surface area contributed by atoms with E-state index in [2.05, 4.69) is 0 Å². The molecule has 3 heteroatoms. The number of carboxylic acid groups (broad SMARTS) is 1. The maximum atomic E-state index is 10.8. The number of aliphatic carboxylic acids is 1. The Morgan fingerprint density at radius 1 is 1.31 bits per heavy atom. The molecule has 0 saturated carbocycles. The summed E-state index contributed by atoms with van der Waals surface area (Å²) in [7, 11) is 0. The van der Waals surface area contributed by atoms with Gasteiger partial charge >= 0.3 is 5.97 Å². The molecule has 1 atom stereocenters. The second-order valence-electron chi connectivity index (χ2n) is 4.07. The first-order chi connectivity index (χ1) is 7.58. The lowest BCUT2D eigenvalue weighted by atomic mass is 9.86. The fourth-order valence-corrected chi connectivity index (χ4v) is 1.80. The Morgan fingerprint density at radius 2 is 1.94 bits per heavy atom. The van der Waals surface area contributed by atoms with Crippen LogP contribution in [0.15, 0.2) is 30.3 Å². The molecular formula is C13H18O3. The summed E-state index contributed by atoms with van der Waals surface area (Å²) in [6, 6.07) is 9.03. The quantitative estimate of drug-likeness (QED) is 0.777. The molecule has 2 N–H and O–H groups in total. The van der Waals surface area contributed by atoms with Gasteiger partial charge in [-0.2, -0.15) is 0 Å². The predicted molar refractivity (Wildman–Crippen MR) is 62.1 cm³/mol. The van der Waals surface area contributed by atoms with E-state index in [4.69, 9.17) is 5.11 Å². The lowest BCUT2D eigenvalue weighted by Gasteiger charge is -2.27. The highest BCUT2D eigenvalue weighted by Crippen LogP contribution is 2.30. The highest BCUT2D eigenvalue weighted by molar-refractivity contribution is 5.68. The van der Waals surface area contributed by atoms with Crippen LogP contribution in [0.25, 0.3) is 0 Å². The van der Waals surface area contributed by atoms with Crippen molar-refractivity contribution in [2.75, 3.05) is 0 Å². The average molecular weight is 222 g/mol. The van der Waals surface area contributed by atoms with Crippen molar-refractivity contribution in [1.82, 2.24) is 0 Å². The van der Waals surface area contributed by atoms with Crippen LogP contribution in [-0.2, 0) is 10.4 Å². The number of unbranched alkanes of at least 4 members (excludes halogenated alkanes) is 1. The van der Waals surface area contributed by atoms with Crippen molar-refractivity contribution in [2.24, 2.45) is 0 Å². The van der Waals surface area contributed by atoms with Crippen LogP contribution in [0.3, 0.4) is 0 Å². The van der Waals surface area contributed by atoms with Crippen molar-refractivity contribution in [3.8, 4) is 0 Å². The van der Waals surface area contributed by atoms with E-state index in [-0.39, 0.29) is 6.42 Å². The Balaban J connectivity index is 2.90. The van der Waals surface area contributed by atoms with E-state index in [1.807, 2.05) is 25.1 Å². The lowest BCUT2D eigenvalue weighted by Crippen LogP contribution is -2.29. The van der Waals surface area contributed by atoms with Gasteiger partial charge in [-0.05, 0) is 12.0 Å². The number of carboxylic acids is 1. The number of rotatable bonds is 6. The Morgan fingerprint density at radius 3 is 2.44 bits per heavy atom.